The molecule has 4 nitrogen and oxygen atoms in total. The minimum absolute atomic E-state index is 0.174. The Morgan fingerprint density at radius 2 is 2.15 bits per heavy atom. The Bertz CT molecular complexity index is 559. The van der Waals surface area contributed by atoms with Crippen molar-refractivity contribution < 1.29 is 27.8 Å². The third kappa shape index (κ3) is 5.44. The second-order valence-corrected chi connectivity index (χ2v) is 3.74. The quantitative estimate of drug-likeness (QED) is 0.844. The van der Waals surface area contributed by atoms with Gasteiger partial charge in [-0.25, -0.2) is 4.79 Å². The van der Waals surface area contributed by atoms with Crippen molar-refractivity contribution in [2.45, 2.75) is 19.2 Å². The summed E-state index contributed by atoms with van der Waals surface area (Å²) in [4.78, 5) is 10.5. The van der Waals surface area contributed by atoms with Crippen molar-refractivity contribution in [3.8, 4) is 11.8 Å². The van der Waals surface area contributed by atoms with Crippen LogP contribution < -0.4 is 4.74 Å². The Morgan fingerprint density at radius 3 is 2.70 bits per heavy atom. The summed E-state index contributed by atoms with van der Waals surface area (Å²) in [5, 5.41) is 17.1. The van der Waals surface area contributed by atoms with E-state index in [1.165, 1.54) is 6.07 Å². The zero-order valence-corrected chi connectivity index (χ0v) is 10.1. The summed E-state index contributed by atoms with van der Waals surface area (Å²) in [5.41, 5.74) is 0.836. The van der Waals surface area contributed by atoms with E-state index in [4.69, 9.17) is 10.4 Å². The predicted molar refractivity (Wildman–Crippen MR) is 63.7 cm³/mol. The van der Waals surface area contributed by atoms with Crippen molar-refractivity contribution in [2.24, 2.45) is 0 Å². The van der Waals surface area contributed by atoms with E-state index < -0.39 is 18.1 Å². The molecule has 0 aliphatic rings. The molecular weight excluding hydrogens is 275 g/mol. The number of carboxylic acids is 1. The van der Waals surface area contributed by atoms with Gasteiger partial charge < -0.3 is 9.84 Å². The number of benzene rings is 1. The minimum Gasteiger partial charge on any atom is -0.478 e. The van der Waals surface area contributed by atoms with Gasteiger partial charge in [0.25, 0.3) is 0 Å². The molecule has 0 unspecified atom stereocenters. The Morgan fingerprint density at radius 1 is 1.45 bits per heavy atom. The summed E-state index contributed by atoms with van der Waals surface area (Å²) in [6.07, 6.45) is -2.36. The molecule has 0 saturated heterocycles. The van der Waals surface area contributed by atoms with Crippen LogP contribution in [0.15, 0.2) is 24.3 Å². The molecular formula is C13H10F3NO3. The fourth-order valence-corrected chi connectivity index (χ4v) is 1.50. The third-order valence-electron chi connectivity index (χ3n) is 2.26. The van der Waals surface area contributed by atoms with Crippen molar-refractivity contribution in [2.75, 3.05) is 0 Å². The number of hydrogen-bond acceptors (Lipinski definition) is 3. The van der Waals surface area contributed by atoms with Crippen LogP contribution in [0.1, 0.15) is 17.5 Å². The maximum atomic E-state index is 12.1. The highest BCUT2D eigenvalue weighted by Gasteiger charge is 2.31. The highest BCUT2D eigenvalue weighted by Crippen LogP contribution is 2.26. The Balaban J connectivity index is 3.08. The van der Waals surface area contributed by atoms with Crippen molar-refractivity contribution >= 4 is 12.0 Å². The molecule has 1 N–H and O–H groups in total. The van der Waals surface area contributed by atoms with Crippen LogP contribution in [0.2, 0.25) is 0 Å². The van der Waals surface area contributed by atoms with Crippen LogP contribution in [0.25, 0.3) is 6.08 Å². The van der Waals surface area contributed by atoms with Crippen molar-refractivity contribution in [1.29, 1.82) is 5.26 Å². The Kier molecular flexibility index (Phi) is 5.15. The van der Waals surface area contributed by atoms with Crippen LogP contribution in [0.4, 0.5) is 13.2 Å². The maximum Gasteiger partial charge on any atom is 0.573 e. The first-order valence-corrected chi connectivity index (χ1v) is 5.48. The number of carboxylic acid groups (broad SMARTS) is 1. The first-order chi connectivity index (χ1) is 9.31. The second-order valence-electron chi connectivity index (χ2n) is 3.74. The van der Waals surface area contributed by atoms with Crippen LogP contribution >= 0.6 is 0 Å². The van der Waals surface area contributed by atoms with Gasteiger partial charge in [-0.3, -0.25) is 0 Å². The van der Waals surface area contributed by atoms with Gasteiger partial charge in [0.1, 0.15) is 5.75 Å². The standard InChI is InChI=1S/C13H10F3NO3/c14-13(15,16)20-11-5-3-9(2-1-7-17)10(8-11)4-6-12(18)19/h3-6,8H,1-2H2,(H,18,19)/b6-4+. The lowest BCUT2D eigenvalue weighted by atomic mass is 10.0. The smallest absolute Gasteiger partial charge is 0.478 e. The topological polar surface area (TPSA) is 70.3 Å². The number of nitrogens with zero attached hydrogens (tertiary/aromatic N) is 1. The van der Waals surface area contributed by atoms with Gasteiger partial charge in [0.15, 0.2) is 0 Å². The Hall–Kier alpha value is -2.49. The summed E-state index contributed by atoms with van der Waals surface area (Å²) in [6, 6.07) is 5.49. The van der Waals surface area contributed by atoms with Gasteiger partial charge in [-0.2, -0.15) is 5.26 Å². The van der Waals surface area contributed by atoms with E-state index >= 15 is 0 Å². The molecule has 0 atom stereocenters. The fraction of sp³-hybridized carbons (Fsp3) is 0.231. The molecule has 1 aromatic rings. The number of carbonyl (C=O) groups is 1. The highest BCUT2D eigenvalue weighted by atomic mass is 19.4. The number of hydrogen-bond donors (Lipinski definition) is 1. The molecule has 0 aliphatic carbocycles. The predicted octanol–water partition coefficient (Wildman–Crippen LogP) is 3.14. The molecule has 7 heteroatoms. The van der Waals surface area contributed by atoms with Crippen LogP contribution in [-0.4, -0.2) is 17.4 Å². The van der Waals surface area contributed by atoms with E-state index in [-0.39, 0.29) is 12.0 Å². The number of aliphatic carboxylic acids is 1. The molecule has 0 radical (unpaired) electrons. The van der Waals surface area contributed by atoms with Crippen LogP contribution in [-0.2, 0) is 11.2 Å². The van der Waals surface area contributed by atoms with E-state index in [9.17, 15) is 18.0 Å². The van der Waals surface area contributed by atoms with E-state index in [0.717, 1.165) is 24.3 Å². The molecule has 106 valence electrons. The van der Waals surface area contributed by atoms with Crippen molar-refractivity contribution in [1.82, 2.24) is 0 Å². The van der Waals surface area contributed by atoms with E-state index in [1.54, 1.807) is 0 Å². The number of halogens is 3. The summed E-state index contributed by atoms with van der Waals surface area (Å²) < 4.78 is 40.1. The van der Waals surface area contributed by atoms with Crippen LogP contribution in [0, 0.1) is 11.3 Å². The number of nitriles is 1. The molecule has 0 aromatic heterocycles. The lowest BCUT2D eigenvalue weighted by Gasteiger charge is -2.11. The highest BCUT2D eigenvalue weighted by molar-refractivity contribution is 5.85. The number of alkyl halides is 3. The molecule has 1 rings (SSSR count). The van der Waals surface area contributed by atoms with E-state index in [1.807, 2.05) is 6.07 Å². The Labute approximate surface area is 112 Å². The first-order valence-electron chi connectivity index (χ1n) is 5.48. The van der Waals surface area contributed by atoms with Crippen LogP contribution in [0.3, 0.4) is 0 Å². The van der Waals surface area contributed by atoms with Gasteiger partial charge in [0, 0.05) is 12.5 Å². The molecule has 0 spiro atoms. The summed E-state index contributed by atoms with van der Waals surface area (Å²) in [6.45, 7) is 0. The maximum absolute atomic E-state index is 12.1. The normalized spacial score (nSPS) is 11.3. The molecule has 0 bridgehead atoms. The molecule has 0 saturated carbocycles. The van der Waals surface area contributed by atoms with Gasteiger partial charge in [0.05, 0.1) is 6.07 Å². The molecule has 20 heavy (non-hydrogen) atoms. The van der Waals surface area contributed by atoms with Gasteiger partial charge in [0.2, 0.25) is 0 Å². The van der Waals surface area contributed by atoms with E-state index in [0.29, 0.717) is 12.0 Å². The van der Waals surface area contributed by atoms with Gasteiger partial charge in [-0.1, -0.05) is 6.07 Å². The average molecular weight is 285 g/mol. The number of aryl methyl sites for hydroxylation is 1. The average Bonchev–Trinajstić information content (AvgIpc) is 2.33. The lowest BCUT2D eigenvalue weighted by molar-refractivity contribution is -0.274. The summed E-state index contributed by atoms with van der Waals surface area (Å²) in [7, 11) is 0. The number of ether oxygens (including phenoxy) is 1. The van der Waals surface area contributed by atoms with E-state index in [2.05, 4.69) is 4.74 Å². The first kappa shape index (κ1) is 15.6. The fourth-order valence-electron chi connectivity index (χ4n) is 1.50. The van der Waals surface area contributed by atoms with Crippen molar-refractivity contribution in [3.63, 3.8) is 0 Å². The summed E-state index contributed by atoms with van der Waals surface area (Å²) in [5.74, 6) is -1.67. The second kappa shape index (κ2) is 6.61. The zero-order valence-electron chi connectivity index (χ0n) is 10.1. The SMILES string of the molecule is N#CCCc1ccc(OC(F)(F)F)cc1/C=C/C(=O)O. The molecule has 0 amide bonds. The molecule has 1 aromatic carbocycles. The van der Waals surface area contributed by atoms with Gasteiger partial charge in [-0.05, 0) is 35.8 Å². The minimum atomic E-state index is -4.82. The lowest BCUT2D eigenvalue weighted by Crippen LogP contribution is -2.17. The van der Waals surface area contributed by atoms with Gasteiger partial charge >= 0.3 is 12.3 Å². The number of rotatable bonds is 5. The largest absolute Gasteiger partial charge is 0.573 e. The molecule has 0 heterocycles. The molecule has 0 fully saturated rings. The van der Waals surface area contributed by atoms with Crippen molar-refractivity contribution in [3.05, 3.63) is 35.4 Å². The third-order valence-corrected chi connectivity index (χ3v) is 2.26. The monoisotopic (exact) mass is 285 g/mol. The molecule has 0 aliphatic heterocycles. The van der Waals surface area contributed by atoms with Gasteiger partial charge in [-0.15, -0.1) is 13.2 Å². The zero-order chi connectivity index (χ0) is 15.2. The summed E-state index contributed by atoms with van der Waals surface area (Å²) >= 11 is 0. The van der Waals surface area contributed by atoms with Crippen LogP contribution in [0.5, 0.6) is 5.75 Å².